The van der Waals surface area contributed by atoms with Gasteiger partial charge in [-0.3, -0.25) is 0 Å². The highest BCUT2D eigenvalue weighted by atomic mass is 32.2. The molecule has 9 heteroatoms. The van der Waals surface area contributed by atoms with Crippen LogP contribution in [0.3, 0.4) is 0 Å². The summed E-state index contributed by atoms with van der Waals surface area (Å²) in [5.74, 6) is 1.12. The molecule has 1 aromatic carbocycles. The van der Waals surface area contributed by atoms with Crippen molar-refractivity contribution in [3.8, 4) is 17.4 Å². The second kappa shape index (κ2) is 7.88. The van der Waals surface area contributed by atoms with Crippen LogP contribution in [0.5, 0.6) is 17.4 Å². The Kier molecular flexibility index (Phi) is 5.58. The van der Waals surface area contributed by atoms with Crippen LogP contribution in [-0.4, -0.2) is 56.3 Å². The number of benzene rings is 1. The van der Waals surface area contributed by atoms with Crippen LogP contribution in [0.2, 0.25) is 0 Å². The SMILES string of the molecule is COc1ccc(OC)c(S(=O)(=O)N2CCCC(Oc3cccnn3)C2)c1. The Bertz CT molecular complexity index is 845. The first-order valence-corrected chi connectivity index (χ1v) is 9.65. The molecule has 2 aromatic rings. The zero-order valence-corrected chi connectivity index (χ0v) is 15.5. The lowest BCUT2D eigenvalue weighted by molar-refractivity contribution is 0.123. The summed E-state index contributed by atoms with van der Waals surface area (Å²) in [5.41, 5.74) is 0. The number of hydrogen-bond donors (Lipinski definition) is 0. The van der Waals surface area contributed by atoms with Crippen molar-refractivity contribution >= 4 is 10.0 Å². The number of hydrogen-bond acceptors (Lipinski definition) is 7. The van der Waals surface area contributed by atoms with Gasteiger partial charge in [-0.1, -0.05) is 0 Å². The normalized spacial score (nSPS) is 18.3. The Labute approximate surface area is 152 Å². The molecular formula is C17H21N3O5S. The molecule has 2 heterocycles. The molecule has 1 aromatic heterocycles. The van der Waals surface area contributed by atoms with Crippen LogP contribution in [0.4, 0.5) is 0 Å². The Balaban J connectivity index is 1.83. The van der Waals surface area contributed by atoms with Crippen LogP contribution in [0, 0.1) is 0 Å². The van der Waals surface area contributed by atoms with Crippen LogP contribution >= 0.6 is 0 Å². The van der Waals surface area contributed by atoms with E-state index in [1.165, 1.54) is 24.6 Å². The van der Waals surface area contributed by atoms with Gasteiger partial charge in [-0.05, 0) is 31.0 Å². The molecule has 1 aliphatic rings. The van der Waals surface area contributed by atoms with Gasteiger partial charge in [0.05, 0.1) is 20.8 Å². The van der Waals surface area contributed by atoms with Gasteiger partial charge in [0.15, 0.2) is 0 Å². The van der Waals surface area contributed by atoms with Crippen LogP contribution in [-0.2, 0) is 10.0 Å². The van der Waals surface area contributed by atoms with Gasteiger partial charge < -0.3 is 14.2 Å². The summed E-state index contributed by atoms with van der Waals surface area (Å²) in [5, 5.41) is 7.66. The lowest BCUT2D eigenvalue weighted by Crippen LogP contribution is -2.44. The molecule has 1 saturated heterocycles. The molecule has 0 radical (unpaired) electrons. The highest BCUT2D eigenvalue weighted by Gasteiger charge is 2.33. The zero-order valence-electron chi connectivity index (χ0n) is 14.7. The third kappa shape index (κ3) is 3.88. The van der Waals surface area contributed by atoms with Gasteiger partial charge >= 0.3 is 0 Å². The molecule has 1 aliphatic heterocycles. The van der Waals surface area contributed by atoms with Crippen molar-refractivity contribution in [2.75, 3.05) is 27.3 Å². The van der Waals surface area contributed by atoms with Crippen molar-refractivity contribution in [2.45, 2.75) is 23.8 Å². The average Bonchev–Trinajstić information content (AvgIpc) is 2.68. The molecule has 140 valence electrons. The molecule has 1 unspecified atom stereocenters. The van der Waals surface area contributed by atoms with E-state index in [-0.39, 0.29) is 23.3 Å². The molecule has 8 nitrogen and oxygen atoms in total. The predicted octanol–water partition coefficient (Wildman–Crippen LogP) is 1.73. The molecule has 0 N–H and O–H groups in total. The fraction of sp³-hybridized carbons (Fsp3) is 0.412. The number of aromatic nitrogens is 2. The smallest absolute Gasteiger partial charge is 0.247 e. The summed E-state index contributed by atoms with van der Waals surface area (Å²) in [7, 11) is -0.819. The van der Waals surface area contributed by atoms with Crippen molar-refractivity contribution in [3.63, 3.8) is 0 Å². The van der Waals surface area contributed by atoms with Crippen molar-refractivity contribution < 1.29 is 22.6 Å². The summed E-state index contributed by atoms with van der Waals surface area (Å²) in [6.07, 6.45) is 2.71. The number of nitrogens with zero attached hydrogens (tertiary/aromatic N) is 3. The van der Waals surface area contributed by atoms with Crippen molar-refractivity contribution in [1.29, 1.82) is 0 Å². The summed E-state index contributed by atoms with van der Waals surface area (Å²) in [6, 6.07) is 8.14. The van der Waals surface area contributed by atoms with E-state index in [0.717, 1.165) is 6.42 Å². The topological polar surface area (TPSA) is 90.9 Å². The summed E-state index contributed by atoms with van der Waals surface area (Å²) in [4.78, 5) is 0.0829. The largest absolute Gasteiger partial charge is 0.497 e. The third-order valence-corrected chi connectivity index (χ3v) is 6.05. The molecule has 0 amide bonds. The molecule has 0 bridgehead atoms. The van der Waals surface area contributed by atoms with E-state index in [9.17, 15) is 8.42 Å². The van der Waals surface area contributed by atoms with Gasteiger partial charge in [-0.15, -0.1) is 5.10 Å². The Morgan fingerprint density at radius 3 is 2.73 bits per heavy atom. The molecule has 0 saturated carbocycles. The van der Waals surface area contributed by atoms with E-state index in [1.54, 1.807) is 30.5 Å². The van der Waals surface area contributed by atoms with Crippen molar-refractivity contribution in [2.24, 2.45) is 0 Å². The minimum absolute atomic E-state index is 0.0829. The van der Waals surface area contributed by atoms with Gasteiger partial charge in [0.1, 0.15) is 22.5 Å². The Morgan fingerprint density at radius 1 is 1.19 bits per heavy atom. The number of piperidine rings is 1. The minimum Gasteiger partial charge on any atom is -0.497 e. The van der Waals surface area contributed by atoms with E-state index in [1.807, 2.05) is 0 Å². The molecular weight excluding hydrogens is 358 g/mol. The van der Waals surface area contributed by atoms with E-state index < -0.39 is 10.0 Å². The third-order valence-electron chi connectivity index (χ3n) is 4.16. The molecule has 1 fully saturated rings. The number of methoxy groups -OCH3 is 2. The highest BCUT2D eigenvalue weighted by Crippen LogP contribution is 2.32. The van der Waals surface area contributed by atoms with Crippen LogP contribution in [0.15, 0.2) is 41.4 Å². The number of rotatable bonds is 6. The van der Waals surface area contributed by atoms with Crippen LogP contribution < -0.4 is 14.2 Å². The fourth-order valence-corrected chi connectivity index (χ4v) is 4.55. The van der Waals surface area contributed by atoms with Crippen LogP contribution in [0.1, 0.15) is 12.8 Å². The van der Waals surface area contributed by atoms with Gasteiger partial charge in [0.25, 0.3) is 0 Å². The quantitative estimate of drug-likeness (QED) is 0.755. The second-order valence-electron chi connectivity index (χ2n) is 5.82. The summed E-state index contributed by atoms with van der Waals surface area (Å²) < 4.78 is 43.9. The zero-order chi connectivity index (χ0) is 18.6. The first-order valence-electron chi connectivity index (χ1n) is 8.21. The molecule has 0 spiro atoms. The van der Waals surface area contributed by atoms with Gasteiger partial charge in [-0.2, -0.15) is 9.40 Å². The summed E-state index contributed by atoms with van der Waals surface area (Å²) in [6.45, 7) is 0.655. The van der Waals surface area contributed by atoms with Gasteiger partial charge in [0.2, 0.25) is 15.9 Å². The van der Waals surface area contributed by atoms with Crippen molar-refractivity contribution in [3.05, 3.63) is 36.5 Å². The maximum Gasteiger partial charge on any atom is 0.247 e. The maximum atomic E-state index is 13.1. The molecule has 3 rings (SSSR count). The number of sulfonamides is 1. The first kappa shape index (κ1) is 18.4. The Morgan fingerprint density at radius 2 is 2.04 bits per heavy atom. The standard InChI is InChI=1S/C17H21N3O5S/c1-23-13-7-8-15(24-2)16(11-13)26(21,22)20-10-4-5-14(12-20)25-17-6-3-9-18-19-17/h3,6-9,11,14H,4-5,10,12H2,1-2H3. The molecule has 0 aliphatic carbocycles. The molecule has 26 heavy (non-hydrogen) atoms. The molecule has 1 atom stereocenters. The minimum atomic E-state index is -3.75. The second-order valence-corrected chi connectivity index (χ2v) is 7.73. The van der Waals surface area contributed by atoms with Gasteiger partial charge in [-0.25, -0.2) is 8.42 Å². The van der Waals surface area contributed by atoms with Crippen molar-refractivity contribution in [1.82, 2.24) is 14.5 Å². The number of ether oxygens (including phenoxy) is 3. The van der Waals surface area contributed by atoms with Gasteiger partial charge in [0, 0.05) is 24.9 Å². The summed E-state index contributed by atoms with van der Waals surface area (Å²) >= 11 is 0. The monoisotopic (exact) mass is 379 g/mol. The van der Waals surface area contributed by atoms with E-state index >= 15 is 0 Å². The fourth-order valence-electron chi connectivity index (χ4n) is 2.87. The van der Waals surface area contributed by atoms with E-state index in [0.29, 0.717) is 24.6 Å². The van der Waals surface area contributed by atoms with E-state index in [4.69, 9.17) is 14.2 Å². The lowest BCUT2D eigenvalue weighted by atomic mass is 10.1. The first-order chi connectivity index (χ1) is 12.5. The lowest BCUT2D eigenvalue weighted by Gasteiger charge is -2.32. The van der Waals surface area contributed by atoms with E-state index in [2.05, 4.69) is 10.2 Å². The Hall–Kier alpha value is -2.39. The predicted molar refractivity (Wildman–Crippen MR) is 94.0 cm³/mol. The highest BCUT2D eigenvalue weighted by molar-refractivity contribution is 7.89. The maximum absolute atomic E-state index is 13.1. The average molecular weight is 379 g/mol. The van der Waals surface area contributed by atoms with Crippen LogP contribution in [0.25, 0.3) is 0 Å².